The molecule has 0 unspecified atom stereocenters. The molecule has 7 heteroatoms. The molecule has 1 aromatic heterocycles. The van der Waals surface area contributed by atoms with Crippen LogP contribution in [0.3, 0.4) is 0 Å². The normalized spacial score (nSPS) is 14.6. The van der Waals surface area contributed by atoms with Crippen molar-refractivity contribution < 1.29 is 4.79 Å². The minimum absolute atomic E-state index is 0.161. The predicted octanol–water partition coefficient (Wildman–Crippen LogP) is 2.63. The molecule has 3 rings (SSSR count). The third-order valence-corrected chi connectivity index (χ3v) is 4.84. The van der Waals surface area contributed by atoms with Gasteiger partial charge < -0.3 is 0 Å². The molecule has 0 radical (unpaired) electrons. The summed E-state index contributed by atoms with van der Waals surface area (Å²) in [7, 11) is 0. The molecule has 1 fully saturated rings. The fourth-order valence-corrected chi connectivity index (χ4v) is 3.34. The molecule has 0 saturated heterocycles. The van der Waals surface area contributed by atoms with Gasteiger partial charge in [-0.2, -0.15) is 0 Å². The van der Waals surface area contributed by atoms with Crippen molar-refractivity contribution in [2.45, 2.75) is 28.9 Å². The Kier molecular flexibility index (Phi) is 3.32. The first-order valence-corrected chi connectivity index (χ1v) is 7.39. The Bertz CT molecular complexity index is 691. The van der Waals surface area contributed by atoms with Crippen molar-refractivity contribution in [3.63, 3.8) is 0 Å². The number of aromatic amines is 1. The lowest BCUT2D eigenvalue weighted by molar-refractivity contribution is 0.112. The SMILES string of the molecule is O=Cc1ccc(Sc2n[nH]c(=O)n2C2CC2)c(Br)c1. The average molecular weight is 340 g/mol. The van der Waals surface area contributed by atoms with E-state index >= 15 is 0 Å². The van der Waals surface area contributed by atoms with Crippen molar-refractivity contribution in [2.24, 2.45) is 0 Å². The second kappa shape index (κ2) is 4.97. The van der Waals surface area contributed by atoms with Crippen LogP contribution in [-0.2, 0) is 0 Å². The van der Waals surface area contributed by atoms with Gasteiger partial charge >= 0.3 is 5.69 Å². The molecular weight excluding hydrogens is 330 g/mol. The number of nitrogens with one attached hydrogen (secondary N) is 1. The molecule has 1 N–H and O–H groups in total. The molecule has 0 aliphatic heterocycles. The highest BCUT2D eigenvalue weighted by Gasteiger charge is 2.28. The van der Waals surface area contributed by atoms with E-state index in [9.17, 15) is 9.59 Å². The Morgan fingerprint density at radius 3 is 2.89 bits per heavy atom. The van der Waals surface area contributed by atoms with E-state index in [1.165, 1.54) is 11.8 Å². The van der Waals surface area contributed by atoms with Gasteiger partial charge in [-0.1, -0.05) is 6.07 Å². The van der Waals surface area contributed by atoms with E-state index in [2.05, 4.69) is 26.1 Å². The third-order valence-electron chi connectivity index (χ3n) is 2.88. The number of hydrogen-bond donors (Lipinski definition) is 1. The predicted molar refractivity (Wildman–Crippen MR) is 74.8 cm³/mol. The molecule has 0 amide bonds. The van der Waals surface area contributed by atoms with E-state index in [4.69, 9.17) is 0 Å². The fourth-order valence-electron chi connectivity index (χ4n) is 1.79. The molecular formula is C12H10BrN3O2S. The maximum absolute atomic E-state index is 11.7. The topological polar surface area (TPSA) is 67.8 Å². The second-order valence-electron chi connectivity index (χ2n) is 4.32. The van der Waals surface area contributed by atoms with Gasteiger partial charge in [0.05, 0.1) is 0 Å². The summed E-state index contributed by atoms with van der Waals surface area (Å²) in [5, 5.41) is 7.20. The van der Waals surface area contributed by atoms with Crippen LogP contribution in [0.15, 0.2) is 37.5 Å². The van der Waals surface area contributed by atoms with Gasteiger partial charge in [-0.3, -0.25) is 9.36 Å². The monoisotopic (exact) mass is 339 g/mol. The number of carbonyl (C=O) groups is 1. The number of benzene rings is 1. The molecule has 98 valence electrons. The molecule has 1 heterocycles. The summed E-state index contributed by atoms with van der Waals surface area (Å²) in [5.74, 6) is 0. The van der Waals surface area contributed by atoms with E-state index in [0.717, 1.165) is 28.5 Å². The van der Waals surface area contributed by atoms with Crippen LogP contribution in [0.4, 0.5) is 0 Å². The summed E-state index contributed by atoms with van der Waals surface area (Å²) < 4.78 is 2.52. The van der Waals surface area contributed by atoms with E-state index in [-0.39, 0.29) is 11.7 Å². The highest BCUT2D eigenvalue weighted by atomic mass is 79.9. The standard InChI is InChI=1S/C12H10BrN3O2S/c13-9-5-7(6-17)1-4-10(9)19-12-15-14-11(18)16(12)8-2-3-8/h1,4-6,8H,2-3H2,(H,14,18). The van der Waals surface area contributed by atoms with Crippen LogP contribution in [0.1, 0.15) is 29.2 Å². The molecule has 5 nitrogen and oxygen atoms in total. The Morgan fingerprint density at radius 2 is 2.26 bits per heavy atom. The lowest BCUT2D eigenvalue weighted by Crippen LogP contribution is -2.16. The van der Waals surface area contributed by atoms with Crippen molar-refractivity contribution in [3.8, 4) is 0 Å². The maximum atomic E-state index is 11.7. The van der Waals surface area contributed by atoms with Gasteiger partial charge in [0, 0.05) is 21.0 Å². The number of aromatic nitrogens is 3. The Labute approximate surface area is 121 Å². The lowest BCUT2D eigenvalue weighted by atomic mass is 10.2. The van der Waals surface area contributed by atoms with Crippen molar-refractivity contribution in [2.75, 3.05) is 0 Å². The molecule has 1 aliphatic carbocycles. The summed E-state index contributed by atoms with van der Waals surface area (Å²) in [6, 6.07) is 5.62. The third kappa shape index (κ3) is 2.52. The zero-order chi connectivity index (χ0) is 13.4. The quantitative estimate of drug-likeness (QED) is 0.869. The molecule has 1 saturated carbocycles. The minimum Gasteiger partial charge on any atom is -0.298 e. The van der Waals surface area contributed by atoms with E-state index < -0.39 is 0 Å². The molecule has 19 heavy (non-hydrogen) atoms. The molecule has 0 spiro atoms. The first-order chi connectivity index (χ1) is 9.19. The van der Waals surface area contributed by atoms with Crippen LogP contribution < -0.4 is 5.69 Å². The second-order valence-corrected chi connectivity index (χ2v) is 6.19. The van der Waals surface area contributed by atoms with Gasteiger partial charge in [0.2, 0.25) is 0 Å². The minimum atomic E-state index is -0.161. The summed E-state index contributed by atoms with van der Waals surface area (Å²) in [6.45, 7) is 0. The molecule has 0 bridgehead atoms. The highest BCUT2D eigenvalue weighted by Crippen LogP contribution is 2.39. The Hall–Kier alpha value is -1.34. The molecule has 0 atom stereocenters. The van der Waals surface area contributed by atoms with Gasteiger partial charge in [0.25, 0.3) is 0 Å². The summed E-state index contributed by atoms with van der Waals surface area (Å²) in [5.41, 5.74) is 0.448. The number of rotatable bonds is 4. The van der Waals surface area contributed by atoms with Gasteiger partial charge in [0.15, 0.2) is 5.16 Å². The van der Waals surface area contributed by atoms with Crippen LogP contribution in [0, 0.1) is 0 Å². The number of nitrogens with zero attached hydrogens (tertiary/aromatic N) is 2. The first-order valence-electron chi connectivity index (χ1n) is 5.78. The summed E-state index contributed by atoms with van der Waals surface area (Å²) >= 11 is 4.83. The largest absolute Gasteiger partial charge is 0.344 e. The summed E-state index contributed by atoms with van der Waals surface area (Å²) in [6.07, 6.45) is 2.85. The van der Waals surface area contributed by atoms with Gasteiger partial charge in [-0.25, -0.2) is 9.89 Å². The molecule has 1 aromatic carbocycles. The number of carbonyl (C=O) groups excluding carboxylic acids is 1. The number of halogens is 1. The van der Waals surface area contributed by atoms with Gasteiger partial charge in [-0.05, 0) is 52.7 Å². The zero-order valence-corrected chi connectivity index (χ0v) is 12.2. The average Bonchev–Trinajstić information content (AvgIpc) is 3.17. The van der Waals surface area contributed by atoms with Crippen molar-refractivity contribution in [1.82, 2.24) is 14.8 Å². The van der Waals surface area contributed by atoms with Gasteiger partial charge in [0.1, 0.15) is 6.29 Å². The van der Waals surface area contributed by atoms with E-state index in [1.807, 2.05) is 6.07 Å². The van der Waals surface area contributed by atoms with Crippen LogP contribution in [0.25, 0.3) is 0 Å². The van der Waals surface area contributed by atoms with Crippen LogP contribution in [0.5, 0.6) is 0 Å². The van der Waals surface area contributed by atoms with Crippen LogP contribution in [-0.4, -0.2) is 21.1 Å². The van der Waals surface area contributed by atoms with Crippen molar-refractivity contribution in [1.29, 1.82) is 0 Å². The van der Waals surface area contributed by atoms with Crippen LogP contribution in [0.2, 0.25) is 0 Å². The Balaban J connectivity index is 1.93. The number of aldehydes is 1. The number of hydrogen-bond acceptors (Lipinski definition) is 4. The fraction of sp³-hybridized carbons (Fsp3) is 0.250. The smallest absolute Gasteiger partial charge is 0.298 e. The van der Waals surface area contributed by atoms with E-state index in [0.29, 0.717) is 10.7 Å². The molecule has 1 aliphatic rings. The van der Waals surface area contributed by atoms with Crippen LogP contribution >= 0.6 is 27.7 Å². The molecule has 2 aromatic rings. The summed E-state index contributed by atoms with van der Waals surface area (Å²) in [4.78, 5) is 23.3. The number of H-pyrrole nitrogens is 1. The zero-order valence-electron chi connectivity index (χ0n) is 9.80. The first kappa shape index (κ1) is 12.7. The van der Waals surface area contributed by atoms with Crippen molar-refractivity contribution in [3.05, 3.63) is 38.7 Å². The highest BCUT2D eigenvalue weighted by molar-refractivity contribution is 9.10. The maximum Gasteiger partial charge on any atom is 0.344 e. The van der Waals surface area contributed by atoms with Gasteiger partial charge in [-0.15, -0.1) is 5.10 Å². The van der Waals surface area contributed by atoms with E-state index in [1.54, 1.807) is 16.7 Å². The lowest BCUT2D eigenvalue weighted by Gasteiger charge is -2.05. The van der Waals surface area contributed by atoms with Crippen molar-refractivity contribution >= 4 is 34.0 Å². The Morgan fingerprint density at radius 1 is 1.47 bits per heavy atom.